The number of anilines is 2. The van der Waals surface area contributed by atoms with E-state index in [0.717, 1.165) is 0 Å². The topological polar surface area (TPSA) is 98.6 Å². The number of pyridine rings is 1. The van der Waals surface area contributed by atoms with Crippen LogP contribution in [-0.4, -0.2) is 59.6 Å². The Hall–Kier alpha value is -3.60. The first-order chi connectivity index (χ1) is 13.6. The van der Waals surface area contributed by atoms with Crippen LogP contribution < -0.4 is 5.32 Å². The number of hydrogen-bond donors (Lipinski definition) is 1. The number of piperazine rings is 1. The number of rotatable bonds is 4. The van der Waals surface area contributed by atoms with Crippen LogP contribution in [0.2, 0.25) is 0 Å². The second-order valence-corrected chi connectivity index (χ2v) is 6.19. The highest BCUT2D eigenvalue weighted by Crippen LogP contribution is 2.19. The van der Waals surface area contributed by atoms with Crippen molar-refractivity contribution < 1.29 is 14.3 Å². The maximum atomic E-state index is 12.7. The minimum absolute atomic E-state index is 0.125. The zero-order valence-electron chi connectivity index (χ0n) is 15.6. The lowest BCUT2D eigenvalue weighted by atomic mass is 10.2. The van der Waals surface area contributed by atoms with E-state index in [1.807, 2.05) is 6.07 Å². The molecule has 0 bridgehead atoms. The molecule has 0 radical (unpaired) electrons. The quantitative estimate of drug-likeness (QED) is 0.877. The van der Waals surface area contributed by atoms with Crippen LogP contribution in [0.25, 0.3) is 0 Å². The highest BCUT2D eigenvalue weighted by atomic mass is 16.6. The molecule has 0 spiro atoms. The fourth-order valence-electron chi connectivity index (χ4n) is 2.91. The first-order valence-electron chi connectivity index (χ1n) is 9.05. The molecule has 1 saturated heterocycles. The molecule has 3 rings (SSSR count). The monoisotopic (exact) mass is 379 g/mol. The lowest BCUT2D eigenvalue weighted by Crippen LogP contribution is -2.50. The molecule has 1 N–H and O–H groups in total. The van der Waals surface area contributed by atoms with Crippen molar-refractivity contribution in [3.05, 3.63) is 53.7 Å². The van der Waals surface area contributed by atoms with Crippen LogP contribution in [0.1, 0.15) is 22.8 Å². The van der Waals surface area contributed by atoms with Crippen molar-refractivity contribution in [3.8, 4) is 6.07 Å². The number of ether oxygens (including phenoxy) is 1. The van der Waals surface area contributed by atoms with Gasteiger partial charge in [0.2, 0.25) is 0 Å². The first kappa shape index (κ1) is 19.2. The van der Waals surface area contributed by atoms with Crippen molar-refractivity contribution in [1.82, 2.24) is 14.8 Å². The number of nitrogens with zero attached hydrogens (tertiary/aromatic N) is 4. The summed E-state index contributed by atoms with van der Waals surface area (Å²) in [5.74, 6) is 0.423. The molecule has 2 heterocycles. The Labute approximate surface area is 163 Å². The molecule has 1 aromatic carbocycles. The summed E-state index contributed by atoms with van der Waals surface area (Å²) in [5.41, 5.74) is 1.65. The van der Waals surface area contributed by atoms with Gasteiger partial charge in [-0.2, -0.15) is 5.26 Å². The summed E-state index contributed by atoms with van der Waals surface area (Å²) in [6.07, 6.45) is 1.17. The molecule has 1 aliphatic heterocycles. The van der Waals surface area contributed by atoms with Crippen molar-refractivity contribution in [1.29, 1.82) is 5.26 Å². The minimum Gasteiger partial charge on any atom is -0.450 e. The Morgan fingerprint density at radius 2 is 1.86 bits per heavy atom. The number of amides is 2. The standard InChI is InChI=1S/C20H21N5O3/c1-2-28-20(27)25-11-9-24(10-12-25)19(26)16-7-8-18(22-14-16)23-17-6-4-3-5-15(17)13-21/h3-8,14H,2,9-12H2,1H3,(H,22,23). The Bertz CT molecular complexity index is 883. The fourth-order valence-corrected chi connectivity index (χ4v) is 2.91. The number of para-hydroxylation sites is 1. The van der Waals surface area contributed by atoms with Crippen LogP contribution in [0.3, 0.4) is 0 Å². The molecule has 2 amide bonds. The van der Waals surface area contributed by atoms with E-state index >= 15 is 0 Å². The predicted octanol–water partition coefficient (Wildman–Crippen LogP) is 2.61. The molecule has 28 heavy (non-hydrogen) atoms. The normalized spacial score (nSPS) is 13.6. The smallest absolute Gasteiger partial charge is 0.409 e. The summed E-state index contributed by atoms with van der Waals surface area (Å²) in [6, 6.07) is 12.7. The molecule has 1 aromatic heterocycles. The molecule has 0 aliphatic carbocycles. The second-order valence-electron chi connectivity index (χ2n) is 6.19. The van der Waals surface area contributed by atoms with Gasteiger partial charge in [-0.15, -0.1) is 0 Å². The minimum atomic E-state index is -0.343. The lowest BCUT2D eigenvalue weighted by molar-refractivity contribution is 0.0570. The summed E-state index contributed by atoms with van der Waals surface area (Å²) in [6.45, 7) is 3.90. The van der Waals surface area contributed by atoms with Gasteiger partial charge in [-0.3, -0.25) is 4.79 Å². The van der Waals surface area contributed by atoms with Crippen molar-refractivity contribution in [2.24, 2.45) is 0 Å². The van der Waals surface area contributed by atoms with Crippen molar-refractivity contribution in [2.75, 3.05) is 38.1 Å². The second kappa shape index (κ2) is 8.86. The Morgan fingerprint density at radius 1 is 1.14 bits per heavy atom. The van der Waals surface area contributed by atoms with Crippen LogP contribution in [0.15, 0.2) is 42.6 Å². The van der Waals surface area contributed by atoms with E-state index < -0.39 is 0 Å². The van der Waals surface area contributed by atoms with Gasteiger partial charge in [-0.05, 0) is 31.2 Å². The molecular formula is C20H21N5O3. The van der Waals surface area contributed by atoms with Gasteiger partial charge in [0, 0.05) is 32.4 Å². The van der Waals surface area contributed by atoms with Gasteiger partial charge >= 0.3 is 6.09 Å². The summed E-state index contributed by atoms with van der Waals surface area (Å²) >= 11 is 0. The largest absolute Gasteiger partial charge is 0.450 e. The number of nitriles is 1. The summed E-state index contributed by atoms with van der Waals surface area (Å²) in [5, 5.41) is 12.2. The van der Waals surface area contributed by atoms with Gasteiger partial charge in [-0.1, -0.05) is 12.1 Å². The molecule has 8 nitrogen and oxygen atoms in total. The first-order valence-corrected chi connectivity index (χ1v) is 9.05. The van der Waals surface area contributed by atoms with E-state index in [1.165, 1.54) is 6.20 Å². The van der Waals surface area contributed by atoms with Crippen LogP contribution >= 0.6 is 0 Å². The molecule has 1 aliphatic rings. The van der Waals surface area contributed by atoms with E-state index in [2.05, 4.69) is 16.4 Å². The van der Waals surface area contributed by atoms with Crippen molar-refractivity contribution >= 4 is 23.5 Å². The maximum absolute atomic E-state index is 12.7. The third kappa shape index (κ3) is 4.38. The highest BCUT2D eigenvalue weighted by Gasteiger charge is 2.25. The lowest BCUT2D eigenvalue weighted by Gasteiger charge is -2.34. The number of benzene rings is 1. The van der Waals surface area contributed by atoms with E-state index in [-0.39, 0.29) is 12.0 Å². The van der Waals surface area contributed by atoms with Gasteiger partial charge < -0.3 is 19.9 Å². The van der Waals surface area contributed by atoms with E-state index in [9.17, 15) is 9.59 Å². The SMILES string of the molecule is CCOC(=O)N1CCN(C(=O)c2ccc(Nc3ccccc3C#N)nc2)CC1. The number of hydrogen-bond acceptors (Lipinski definition) is 6. The number of aromatic nitrogens is 1. The summed E-state index contributed by atoms with van der Waals surface area (Å²) in [7, 11) is 0. The Balaban J connectivity index is 1.60. The van der Waals surface area contributed by atoms with Gasteiger partial charge in [0.05, 0.1) is 23.4 Å². The molecule has 8 heteroatoms. The average Bonchev–Trinajstić information content (AvgIpc) is 2.74. The fraction of sp³-hybridized carbons (Fsp3) is 0.300. The number of carbonyl (C=O) groups is 2. The molecule has 0 atom stereocenters. The van der Waals surface area contributed by atoms with E-state index in [0.29, 0.717) is 55.4 Å². The molecule has 1 fully saturated rings. The predicted molar refractivity (Wildman–Crippen MR) is 103 cm³/mol. The average molecular weight is 379 g/mol. The van der Waals surface area contributed by atoms with Crippen LogP contribution in [0.4, 0.5) is 16.3 Å². The van der Waals surface area contributed by atoms with Gasteiger partial charge in [-0.25, -0.2) is 9.78 Å². The molecule has 0 saturated carbocycles. The maximum Gasteiger partial charge on any atom is 0.409 e. The van der Waals surface area contributed by atoms with Crippen molar-refractivity contribution in [3.63, 3.8) is 0 Å². The summed E-state index contributed by atoms with van der Waals surface area (Å²) in [4.78, 5) is 32.0. The zero-order valence-corrected chi connectivity index (χ0v) is 15.6. The third-order valence-corrected chi connectivity index (χ3v) is 4.41. The van der Waals surface area contributed by atoms with Crippen molar-refractivity contribution in [2.45, 2.75) is 6.92 Å². The van der Waals surface area contributed by atoms with Gasteiger partial charge in [0.25, 0.3) is 5.91 Å². The van der Waals surface area contributed by atoms with Crippen LogP contribution in [0.5, 0.6) is 0 Å². The molecule has 0 unspecified atom stereocenters. The van der Waals surface area contributed by atoms with E-state index in [4.69, 9.17) is 10.00 Å². The molecule has 144 valence electrons. The van der Waals surface area contributed by atoms with Gasteiger partial charge in [0.15, 0.2) is 0 Å². The Morgan fingerprint density at radius 3 is 2.50 bits per heavy atom. The Kier molecular flexibility index (Phi) is 6.07. The van der Waals surface area contributed by atoms with E-state index in [1.54, 1.807) is 47.1 Å². The van der Waals surface area contributed by atoms with Gasteiger partial charge in [0.1, 0.15) is 11.9 Å². The molecule has 2 aromatic rings. The summed E-state index contributed by atoms with van der Waals surface area (Å²) < 4.78 is 4.99. The number of carbonyl (C=O) groups excluding carboxylic acids is 2. The van der Waals surface area contributed by atoms with Crippen LogP contribution in [-0.2, 0) is 4.74 Å². The third-order valence-electron chi connectivity index (χ3n) is 4.41. The molecular weight excluding hydrogens is 358 g/mol. The number of nitrogens with one attached hydrogen (secondary N) is 1. The van der Waals surface area contributed by atoms with Crippen LogP contribution in [0, 0.1) is 11.3 Å². The zero-order chi connectivity index (χ0) is 19.9. The highest BCUT2D eigenvalue weighted by molar-refractivity contribution is 5.94.